The van der Waals surface area contributed by atoms with Crippen molar-refractivity contribution in [2.45, 2.75) is 13.3 Å². The van der Waals surface area contributed by atoms with Crippen molar-refractivity contribution in [3.63, 3.8) is 0 Å². The van der Waals surface area contributed by atoms with Gasteiger partial charge in [-0.2, -0.15) is 0 Å². The van der Waals surface area contributed by atoms with Crippen LogP contribution in [0.4, 0.5) is 0 Å². The summed E-state index contributed by atoms with van der Waals surface area (Å²) in [5, 5.41) is 6.60. The molecule has 246 valence electrons. The van der Waals surface area contributed by atoms with Crippen molar-refractivity contribution in [1.82, 2.24) is 13.7 Å². The van der Waals surface area contributed by atoms with Crippen molar-refractivity contribution in [1.29, 1.82) is 0 Å². The number of benzene rings is 7. The summed E-state index contributed by atoms with van der Waals surface area (Å²) in [5.74, 6) is 0.473. The highest BCUT2D eigenvalue weighted by molar-refractivity contribution is 7.03. The zero-order valence-electron chi connectivity index (χ0n) is 29.2. The number of rotatable bonds is 2. The van der Waals surface area contributed by atoms with Crippen LogP contribution in [0.3, 0.4) is 0 Å². The summed E-state index contributed by atoms with van der Waals surface area (Å²) in [6.07, 6.45) is 3.66. The van der Waals surface area contributed by atoms with Gasteiger partial charge < -0.3 is 13.7 Å². The zero-order valence-corrected chi connectivity index (χ0v) is 29.2. The molecule has 13 rings (SSSR count). The first-order valence-corrected chi connectivity index (χ1v) is 18.9. The van der Waals surface area contributed by atoms with E-state index in [2.05, 4.69) is 178 Å². The Morgan fingerprint density at radius 3 is 1.74 bits per heavy atom. The van der Waals surface area contributed by atoms with Crippen molar-refractivity contribution < 1.29 is 0 Å². The van der Waals surface area contributed by atoms with Gasteiger partial charge in [0.2, 0.25) is 0 Å². The highest BCUT2D eigenvalue weighted by atomic mass is 15.0. The number of allylic oxidation sites excluding steroid dienone is 1. The summed E-state index contributed by atoms with van der Waals surface area (Å²) in [7, 11) is 0. The topological polar surface area (TPSA) is 14.8 Å². The van der Waals surface area contributed by atoms with Crippen LogP contribution in [-0.2, 0) is 6.42 Å². The van der Waals surface area contributed by atoms with E-state index in [0.29, 0.717) is 5.92 Å². The molecule has 0 fully saturated rings. The van der Waals surface area contributed by atoms with Gasteiger partial charge in [-0.05, 0) is 94.0 Å². The molecule has 0 N–H and O–H groups in total. The molecule has 3 aromatic heterocycles. The predicted octanol–water partition coefficient (Wildman–Crippen LogP) is 10.5. The number of hydrogen-bond acceptors (Lipinski definition) is 0. The molecular weight excluding hydrogens is 641 g/mol. The van der Waals surface area contributed by atoms with Crippen LogP contribution in [0.15, 0.2) is 158 Å². The molecule has 4 heteroatoms. The molecule has 3 aliphatic rings. The second kappa shape index (κ2) is 9.87. The van der Waals surface area contributed by atoms with Crippen LogP contribution in [0.5, 0.6) is 0 Å². The predicted molar refractivity (Wildman–Crippen MR) is 223 cm³/mol. The van der Waals surface area contributed by atoms with Gasteiger partial charge in [-0.3, -0.25) is 0 Å². The summed E-state index contributed by atoms with van der Waals surface area (Å²) in [4.78, 5) is 0. The minimum Gasteiger partial charge on any atom is -0.311 e. The van der Waals surface area contributed by atoms with Gasteiger partial charge in [-0.25, -0.2) is 0 Å². The third kappa shape index (κ3) is 3.47. The molecule has 10 aromatic rings. The molecule has 0 radical (unpaired) electrons. The summed E-state index contributed by atoms with van der Waals surface area (Å²) in [5.41, 5.74) is 19.8. The number of nitrogens with zero attached hydrogens (tertiary/aromatic N) is 3. The van der Waals surface area contributed by atoms with Crippen molar-refractivity contribution in [3.8, 4) is 28.2 Å². The molecule has 0 bridgehead atoms. The number of aromatic nitrogens is 3. The molecule has 1 unspecified atom stereocenters. The van der Waals surface area contributed by atoms with Crippen LogP contribution in [-0.4, -0.2) is 20.4 Å². The first-order valence-electron chi connectivity index (χ1n) is 18.9. The van der Waals surface area contributed by atoms with Crippen LogP contribution >= 0.6 is 0 Å². The van der Waals surface area contributed by atoms with Crippen LogP contribution in [0.1, 0.15) is 18.2 Å². The third-order valence-corrected chi connectivity index (χ3v) is 12.5. The molecule has 0 amide bonds. The minimum atomic E-state index is 0.172. The lowest BCUT2D eigenvalue weighted by Crippen LogP contribution is -2.53. The second-order valence-corrected chi connectivity index (χ2v) is 15.4. The van der Waals surface area contributed by atoms with E-state index in [1.165, 1.54) is 110 Å². The Balaban J connectivity index is 1.11. The normalized spacial score (nSPS) is 15.5. The molecule has 5 heterocycles. The average Bonchev–Trinajstić information content (AvgIpc) is 3.85. The molecule has 53 heavy (non-hydrogen) atoms. The SMILES string of the molecule is CC1C=C2B3c4c(cc(-c5ccc(-n6c7ccccc7c7ccccc76)cc5)cc4-n4c5ccccc5c5cccc3c54)-n3c2c(c2ccccc23)C1. The first-order chi connectivity index (χ1) is 26.2. The van der Waals surface area contributed by atoms with Gasteiger partial charge in [0.15, 0.2) is 0 Å². The van der Waals surface area contributed by atoms with Gasteiger partial charge >= 0.3 is 0 Å². The highest BCUT2D eigenvalue weighted by Crippen LogP contribution is 2.46. The van der Waals surface area contributed by atoms with Gasteiger partial charge in [0, 0.05) is 55.2 Å². The minimum absolute atomic E-state index is 0.172. The van der Waals surface area contributed by atoms with Crippen molar-refractivity contribution in [2.24, 2.45) is 5.92 Å². The molecular formula is C49H32BN3. The number of fused-ring (bicyclic) bond motifs is 13. The van der Waals surface area contributed by atoms with Gasteiger partial charge in [0.1, 0.15) is 0 Å². The monoisotopic (exact) mass is 673 g/mol. The average molecular weight is 674 g/mol. The van der Waals surface area contributed by atoms with Gasteiger partial charge in [0.05, 0.1) is 22.1 Å². The Morgan fingerprint density at radius 2 is 1.06 bits per heavy atom. The summed E-state index contributed by atoms with van der Waals surface area (Å²) < 4.78 is 7.60. The van der Waals surface area contributed by atoms with Crippen molar-refractivity contribution >= 4 is 77.6 Å². The lowest BCUT2D eigenvalue weighted by molar-refractivity contribution is 0.715. The highest BCUT2D eigenvalue weighted by Gasteiger charge is 2.44. The lowest BCUT2D eigenvalue weighted by atomic mass is 9.32. The fraction of sp³-hybridized carbons (Fsp3) is 0.0612. The number of para-hydroxylation sites is 5. The Labute approximate surface area is 306 Å². The third-order valence-electron chi connectivity index (χ3n) is 12.5. The molecule has 7 aromatic carbocycles. The Bertz CT molecular complexity index is 3220. The maximum absolute atomic E-state index is 2.62. The van der Waals surface area contributed by atoms with Gasteiger partial charge in [0.25, 0.3) is 6.71 Å². The van der Waals surface area contributed by atoms with Crippen LogP contribution in [0.25, 0.3) is 88.2 Å². The zero-order chi connectivity index (χ0) is 34.5. The van der Waals surface area contributed by atoms with Gasteiger partial charge in [-0.15, -0.1) is 0 Å². The maximum atomic E-state index is 2.62. The molecule has 0 saturated carbocycles. The smallest absolute Gasteiger partial charge is 0.251 e. The maximum Gasteiger partial charge on any atom is 0.251 e. The standard InChI is InChI=1S/C49H32BN3/c1-29-25-38-36-14-5-9-20-44(36)53-46-28-31(30-21-23-32(24-22-30)51-41-17-6-2-11-33(41)34-12-3-7-18-42(34)51)27-45-47(46)50(40(26-29)49(38)53)39-16-10-15-37-35-13-4-8-19-43(35)52(45)48(37)39/h2-24,26-29H,25H2,1H3. The van der Waals surface area contributed by atoms with E-state index >= 15 is 0 Å². The first kappa shape index (κ1) is 28.1. The van der Waals surface area contributed by atoms with E-state index < -0.39 is 0 Å². The van der Waals surface area contributed by atoms with Crippen LogP contribution in [0.2, 0.25) is 0 Å². The Morgan fingerprint density at radius 1 is 0.509 bits per heavy atom. The Hall–Kier alpha value is -6.52. The summed E-state index contributed by atoms with van der Waals surface area (Å²) >= 11 is 0. The molecule has 1 aliphatic carbocycles. The molecule has 2 aliphatic heterocycles. The summed E-state index contributed by atoms with van der Waals surface area (Å²) in [6.45, 7) is 2.57. The van der Waals surface area contributed by atoms with E-state index in [9.17, 15) is 0 Å². The van der Waals surface area contributed by atoms with E-state index in [-0.39, 0.29) is 6.71 Å². The fourth-order valence-corrected chi connectivity index (χ4v) is 10.5. The lowest BCUT2D eigenvalue weighted by Gasteiger charge is -2.37. The molecule has 1 atom stereocenters. The second-order valence-electron chi connectivity index (χ2n) is 15.4. The van der Waals surface area contributed by atoms with E-state index in [4.69, 9.17) is 0 Å². The number of hydrogen-bond donors (Lipinski definition) is 0. The van der Waals surface area contributed by atoms with E-state index in [0.717, 1.165) is 6.42 Å². The molecule has 0 spiro atoms. The van der Waals surface area contributed by atoms with Crippen molar-refractivity contribution in [2.75, 3.05) is 0 Å². The van der Waals surface area contributed by atoms with Crippen LogP contribution in [0, 0.1) is 5.92 Å². The quantitative estimate of drug-likeness (QED) is 0.162. The fourth-order valence-electron chi connectivity index (χ4n) is 10.5. The van der Waals surface area contributed by atoms with Crippen LogP contribution < -0.4 is 10.9 Å². The molecule has 3 nitrogen and oxygen atoms in total. The van der Waals surface area contributed by atoms with Crippen molar-refractivity contribution in [3.05, 3.63) is 169 Å². The summed E-state index contributed by atoms with van der Waals surface area (Å²) in [6, 6.07) is 56.8. The largest absolute Gasteiger partial charge is 0.311 e. The van der Waals surface area contributed by atoms with E-state index in [1.54, 1.807) is 0 Å². The van der Waals surface area contributed by atoms with E-state index in [1.807, 2.05) is 0 Å². The van der Waals surface area contributed by atoms with Gasteiger partial charge in [-0.1, -0.05) is 116 Å². The molecule has 0 saturated heterocycles. The Kier molecular flexibility index (Phi) is 5.24.